The van der Waals surface area contributed by atoms with Crippen LogP contribution in [0.5, 0.6) is 0 Å². The summed E-state index contributed by atoms with van der Waals surface area (Å²) in [6.07, 6.45) is 1.84. The van der Waals surface area contributed by atoms with Gasteiger partial charge < -0.3 is 14.4 Å². The zero-order valence-corrected chi connectivity index (χ0v) is 14.8. The lowest BCUT2D eigenvalue weighted by molar-refractivity contribution is 0.126. The molecule has 0 amide bonds. The summed E-state index contributed by atoms with van der Waals surface area (Å²) in [5.41, 5.74) is 5.09. The van der Waals surface area contributed by atoms with E-state index in [-0.39, 0.29) is 6.61 Å². The third kappa shape index (κ3) is 3.04. The van der Waals surface area contributed by atoms with Crippen molar-refractivity contribution in [1.82, 2.24) is 14.5 Å². The molecule has 0 saturated carbocycles. The fourth-order valence-electron chi connectivity index (χ4n) is 2.97. The maximum Gasteiger partial charge on any atom is 0.136 e. The molecule has 3 aromatic heterocycles. The summed E-state index contributed by atoms with van der Waals surface area (Å²) in [5, 5.41) is 11.3. The van der Waals surface area contributed by atoms with Gasteiger partial charge in [-0.2, -0.15) is 0 Å². The molecule has 4 aromatic rings. The monoisotopic (exact) mass is 353 g/mol. The first-order valence-electron chi connectivity index (χ1n) is 8.28. The van der Waals surface area contributed by atoms with E-state index in [1.165, 1.54) is 0 Å². The summed E-state index contributed by atoms with van der Waals surface area (Å²) >= 11 is 1.69. The molecule has 25 heavy (non-hydrogen) atoms. The molecule has 5 nitrogen and oxygen atoms in total. The van der Waals surface area contributed by atoms with Crippen LogP contribution >= 0.6 is 11.3 Å². The van der Waals surface area contributed by atoms with Gasteiger partial charge in [0.25, 0.3) is 0 Å². The number of aliphatic hydroxyl groups is 1. The van der Waals surface area contributed by atoms with E-state index in [0.29, 0.717) is 19.8 Å². The molecule has 0 saturated heterocycles. The van der Waals surface area contributed by atoms with E-state index in [9.17, 15) is 5.11 Å². The van der Waals surface area contributed by atoms with Gasteiger partial charge in [0.2, 0.25) is 0 Å². The predicted molar refractivity (Wildman–Crippen MR) is 99.7 cm³/mol. The number of ether oxygens (including phenoxy) is 1. The number of hydrogen-bond donors (Lipinski definition) is 1. The normalized spacial score (nSPS) is 11.6. The van der Waals surface area contributed by atoms with E-state index >= 15 is 0 Å². The Hall–Kier alpha value is -2.28. The van der Waals surface area contributed by atoms with Crippen molar-refractivity contribution >= 4 is 32.6 Å². The zero-order chi connectivity index (χ0) is 17.2. The maximum atomic E-state index is 9.23. The number of aromatic nitrogens is 3. The van der Waals surface area contributed by atoms with Crippen molar-refractivity contribution in [3.63, 3.8) is 0 Å². The maximum absolute atomic E-state index is 9.23. The minimum absolute atomic E-state index is 0.0609. The summed E-state index contributed by atoms with van der Waals surface area (Å²) in [6, 6.07) is 10.1. The molecule has 0 spiro atoms. The van der Waals surface area contributed by atoms with Crippen LogP contribution in [0.25, 0.3) is 21.3 Å². The Balaban J connectivity index is 1.83. The average molecular weight is 353 g/mol. The molecular formula is C19H19N3O2S. The lowest BCUT2D eigenvalue weighted by Gasteiger charge is -2.10. The molecule has 1 aromatic carbocycles. The Kier molecular flexibility index (Phi) is 4.48. The van der Waals surface area contributed by atoms with E-state index in [1.54, 1.807) is 11.3 Å². The summed E-state index contributed by atoms with van der Waals surface area (Å²) in [6.45, 7) is 3.89. The molecule has 128 valence electrons. The number of nitrogens with zero attached hydrogens (tertiary/aromatic N) is 3. The van der Waals surface area contributed by atoms with Gasteiger partial charge in [-0.15, -0.1) is 11.3 Å². The SMILES string of the molecule is CCOCc1nc2cnc3ccsc3c2n1Cc1ccc(CO)cc1. The number of imidazole rings is 1. The molecule has 0 aliphatic rings. The average Bonchev–Trinajstić information content (AvgIpc) is 3.25. The van der Waals surface area contributed by atoms with Crippen LogP contribution in [0.1, 0.15) is 23.9 Å². The molecule has 6 heteroatoms. The number of hydrogen-bond acceptors (Lipinski definition) is 5. The van der Waals surface area contributed by atoms with Gasteiger partial charge in [0.1, 0.15) is 17.9 Å². The van der Waals surface area contributed by atoms with Gasteiger partial charge in [-0.25, -0.2) is 4.98 Å². The van der Waals surface area contributed by atoms with Crippen molar-refractivity contribution in [2.24, 2.45) is 0 Å². The fourth-order valence-corrected chi connectivity index (χ4v) is 3.87. The third-order valence-electron chi connectivity index (χ3n) is 4.24. The third-order valence-corrected chi connectivity index (χ3v) is 5.15. The number of aliphatic hydroxyl groups excluding tert-OH is 1. The Bertz CT molecular complexity index is 1000. The minimum atomic E-state index is 0.0609. The Morgan fingerprint density at radius 3 is 2.68 bits per heavy atom. The first-order valence-corrected chi connectivity index (χ1v) is 9.16. The minimum Gasteiger partial charge on any atom is -0.392 e. The largest absolute Gasteiger partial charge is 0.392 e. The Morgan fingerprint density at radius 2 is 1.92 bits per heavy atom. The van der Waals surface area contributed by atoms with Crippen molar-refractivity contribution in [3.05, 3.63) is 58.9 Å². The van der Waals surface area contributed by atoms with E-state index in [0.717, 1.165) is 38.2 Å². The highest BCUT2D eigenvalue weighted by atomic mass is 32.1. The van der Waals surface area contributed by atoms with Gasteiger partial charge in [-0.3, -0.25) is 4.98 Å². The highest BCUT2D eigenvalue weighted by Crippen LogP contribution is 2.29. The van der Waals surface area contributed by atoms with Crippen LogP contribution in [-0.4, -0.2) is 26.2 Å². The van der Waals surface area contributed by atoms with E-state index in [2.05, 4.69) is 27.1 Å². The molecule has 0 atom stereocenters. The summed E-state index contributed by atoms with van der Waals surface area (Å²) in [5.74, 6) is 0.908. The summed E-state index contributed by atoms with van der Waals surface area (Å²) < 4.78 is 9.00. The summed E-state index contributed by atoms with van der Waals surface area (Å²) in [4.78, 5) is 9.25. The van der Waals surface area contributed by atoms with Crippen LogP contribution in [0.2, 0.25) is 0 Å². The van der Waals surface area contributed by atoms with Gasteiger partial charge in [0.05, 0.1) is 28.5 Å². The fraction of sp³-hybridized carbons (Fsp3) is 0.263. The highest BCUT2D eigenvalue weighted by Gasteiger charge is 2.15. The molecule has 3 heterocycles. The molecule has 0 aliphatic heterocycles. The number of pyridine rings is 1. The quantitative estimate of drug-likeness (QED) is 0.574. The standard InChI is InChI=1S/C19H19N3O2S/c1-2-24-12-17-21-16-9-20-15-7-8-25-19(15)18(16)22(17)10-13-3-5-14(11-23)6-4-13/h3-9,23H,2,10-12H2,1H3. The van der Waals surface area contributed by atoms with Crippen LogP contribution < -0.4 is 0 Å². The molecule has 0 unspecified atom stereocenters. The van der Waals surface area contributed by atoms with Crippen LogP contribution in [0.15, 0.2) is 41.9 Å². The predicted octanol–water partition coefficient (Wildman–Crippen LogP) is 3.72. The number of thiophene rings is 1. The molecule has 0 fully saturated rings. The van der Waals surface area contributed by atoms with Crippen LogP contribution in [0.4, 0.5) is 0 Å². The zero-order valence-electron chi connectivity index (χ0n) is 14.0. The summed E-state index contributed by atoms with van der Waals surface area (Å²) in [7, 11) is 0. The van der Waals surface area contributed by atoms with Crippen molar-refractivity contribution in [3.8, 4) is 0 Å². The smallest absolute Gasteiger partial charge is 0.136 e. The van der Waals surface area contributed by atoms with Gasteiger partial charge in [-0.1, -0.05) is 24.3 Å². The second-order valence-electron chi connectivity index (χ2n) is 5.85. The molecule has 0 bridgehead atoms. The molecular weight excluding hydrogens is 334 g/mol. The van der Waals surface area contributed by atoms with Gasteiger partial charge >= 0.3 is 0 Å². The second kappa shape index (κ2) is 6.92. The van der Waals surface area contributed by atoms with E-state index < -0.39 is 0 Å². The number of rotatable bonds is 6. The van der Waals surface area contributed by atoms with E-state index in [1.807, 2.05) is 31.3 Å². The molecule has 0 aliphatic carbocycles. The second-order valence-corrected chi connectivity index (χ2v) is 6.77. The van der Waals surface area contributed by atoms with Gasteiger partial charge in [0, 0.05) is 13.2 Å². The topological polar surface area (TPSA) is 60.2 Å². The van der Waals surface area contributed by atoms with Crippen molar-refractivity contribution < 1.29 is 9.84 Å². The lowest BCUT2D eigenvalue weighted by Crippen LogP contribution is -2.07. The first-order chi connectivity index (χ1) is 12.3. The Labute approximate surface area is 149 Å². The van der Waals surface area contributed by atoms with Crippen molar-refractivity contribution in [1.29, 1.82) is 0 Å². The number of benzene rings is 1. The highest BCUT2D eigenvalue weighted by molar-refractivity contribution is 7.18. The van der Waals surface area contributed by atoms with Gasteiger partial charge in [0.15, 0.2) is 0 Å². The van der Waals surface area contributed by atoms with Crippen LogP contribution in [-0.2, 0) is 24.5 Å². The van der Waals surface area contributed by atoms with Crippen molar-refractivity contribution in [2.75, 3.05) is 6.61 Å². The Morgan fingerprint density at radius 1 is 1.12 bits per heavy atom. The molecule has 4 rings (SSSR count). The molecule has 1 N–H and O–H groups in total. The van der Waals surface area contributed by atoms with Crippen LogP contribution in [0, 0.1) is 0 Å². The number of fused-ring (bicyclic) bond motifs is 3. The first kappa shape index (κ1) is 16.2. The van der Waals surface area contributed by atoms with Crippen LogP contribution in [0.3, 0.4) is 0 Å². The van der Waals surface area contributed by atoms with Gasteiger partial charge in [-0.05, 0) is 29.5 Å². The van der Waals surface area contributed by atoms with E-state index in [4.69, 9.17) is 9.72 Å². The molecule has 0 radical (unpaired) electrons. The van der Waals surface area contributed by atoms with Crippen molar-refractivity contribution in [2.45, 2.75) is 26.7 Å². The lowest BCUT2D eigenvalue weighted by atomic mass is 10.1.